The largest absolute Gasteiger partial charge is 0.481 e. The molecule has 1 amide bonds. The van der Waals surface area contributed by atoms with Gasteiger partial charge in [-0.15, -0.1) is 6.58 Å². The first-order valence-corrected chi connectivity index (χ1v) is 8.21. The number of nitrogens with one attached hydrogen (secondary N) is 1. The van der Waals surface area contributed by atoms with Crippen molar-refractivity contribution < 1.29 is 27.4 Å². The second-order valence-electron chi connectivity index (χ2n) is 5.90. The molecule has 4 nitrogen and oxygen atoms in total. The van der Waals surface area contributed by atoms with Crippen molar-refractivity contribution in [2.45, 2.75) is 26.1 Å². The van der Waals surface area contributed by atoms with E-state index in [2.05, 4.69) is 11.9 Å². The molecule has 0 aliphatic rings. The molecule has 1 unspecified atom stereocenters. The zero-order chi connectivity index (χ0) is 20.0. The molecule has 0 bridgehead atoms. The lowest BCUT2D eigenvalue weighted by Gasteiger charge is -2.16. The van der Waals surface area contributed by atoms with Gasteiger partial charge in [0.1, 0.15) is 17.2 Å². The third-order valence-electron chi connectivity index (χ3n) is 3.54. The molecule has 0 saturated heterocycles. The Bertz CT molecular complexity index is 801. The van der Waals surface area contributed by atoms with Gasteiger partial charge in [0, 0.05) is 12.6 Å². The molecule has 2 aromatic carbocycles. The Morgan fingerprint density at radius 3 is 2.37 bits per heavy atom. The lowest BCUT2D eigenvalue weighted by atomic mass is 10.2. The van der Waals surface area contributed by atoms with E-state index in [0.29, 0.717) is 18.0 Å². The van der Waals surface area contributed by atoms with Crippen LogP contribution in [-0.2, 0) is 11.0 Å². The van der Waals surface area contributed by atoms with Gasteiger partial charge in [0.25, 0.3) is 5.91 Å². The third kappa shape index (κ3) is 6.06. The first-order valence-electron chi connectivity index (χ1n) is 8.21. The van der Waals surface area contributed by atoms with Crippen LogP contribution in [0.1, 0.15) is 18.1 Å². The summed E-state index contributed by atoms with van der Waals surface area (Å²) in [5, 5.41) is 2.63. The Hall–Kier alpha value is -2.96. The molecule has 7 heteroatoms. The van der Waals surface area contributed by atoms with Crippen molar-refractivity contribution >= 4 is 5.91 Å². The number of rotatable bonds is 7. The highest BCUT2D eigenvalue weighted by atomic mass is 19.4. The van der Waals surface area contributed by atoms with Crippen molar-refractivity contribution in [3.8, 4) is 17.2 Å². The van der Waals surface area contributed by atoms with E-state index >= 15 is 0 Å². The second kappa shape index (κ2) is 8.62. The maximum Gasteiger partial charge on any atom is 0.416 e. The number of amides is 1. The molecule has 0 fully saturated rings. The number of carbonyl (C=O) groups excluding carboxylic acids is 1. The normalized spacial score (nSPS) is 12.2. The number of halogens is 3. The van der Waals surface area contributed by atoms with Gasteiger partial charge >= 0.3 is 6.18 Å². The van der Waals surface area contributed by atoms with E-state index in [9.17, 15) is 18.0 Å². The maximum atomic E-state index is 12.6. The van der Waals surface area contributed by atoms with Crippen LogP contribution in [0, 0.1) is 6.92 Å². The quantitative estimate of drug-likeness (QED) is 0.698. The van der Waals surface area contributed by atoms with E-state index < -0.39 is 17.8 Å². The molecule has 0 heterocycles. The minimum Gasteiger partial charge on any atom is -0.481 e. The van der Waals surface area contributed by atoms with Gasteiger partial charge in [0.15, 0.2) is 6.10 Å². The van der Waals surface area contributed by atoms with Crippen molar-refractivity contribution in [3.05, 3.63) is 66.2 Å². The minimum absolute atomic E-state index is 0.260. The predicted octanol–water partition coefficient (Wildman–Crippen LogP) is 4.88. The van der Waals surface area contributed by atoms with E-state index in [-0.39, 0.29) is 11.7 Å². The SMILES string of the molecule is C=CCNC(=O)C(C)Oc1cc(C)cc(Oc2ccc(C(F)(F)F)cc2)c1. The number of hydrogen-bond acceptors (Lipinski definition) is 3. The van der Waals surface area contributed by atoms with Crippen LogP contribution < -0.4 is 14.8 Å². The molecule has 27 heavy (non-hydrogen) atoms. The van der Waals surface area contributed by atoms with E-state index in [1.165, 1.54) is 12.1 Å². The molecular weight excluding hydrogens is 359 g/mol. The summed E-state index contributed by atoms with van der Waals surface area (Å²) in [4.78, 5) is 11.9. The van der Waals surface area contributed by atoms with Crippen molar-refractivity contribution in [1.29, 1.82) is 0 Å². The van der Waals surface area contributed by atoms with Crippen molar-refractivity contribution in [2.24, 2.45) is 0 Å². The summed E-state index contributed by atoms with van der Waals surface area (Å²) >= 11 is 0. The van der Waals surface area contributed by atoms with E-state index in [1.54, 1.807) is 31.2 Å². The summed E-state index contributed by atoms with van der Waals surface area (Å²) in [7, 11) is 0. The van der Waals surface area contributed by atoms with Gasteiger partial charge in [-0.25, -0.2) is 0 Å². The topological polar surface area (TPSA) is 47.6 Å². The van der Waals surface area contributed by atoms with Gasteiger partial charge in [-0.1, -0.05) is 6.08 Å². The first-order chi connectivity index (χ1) is 12.7. The Kier molecular flexibility index (Phi) is 6.50. The van der Waals surface area contributed by atoms with Gasteiger partial charge in [-0.3, -0.25) is 4.79 Å². The second-order valence-corrected chi connectivity index (χ2v) is 5.90. The molecule has 144 valence electrons. The molecule has 1 atom stereocenters. The van der Waals surface area contributed by atoms with Crippen molar-refractivity contribution in [1.82, 2.24) is 5.32 Å². The van der Waals surface area contributed by atoms with Crippen LogP contribution in [-0.4, -0.2) is 18.6 Å². The first kappa shape index (κ1) is 20.4. The maximum absolute atomic E-state index is 12.6. The Morgan fingerprint density at radius 1 is 1.15 bits per heavy atom. The summed E-state index contributed by atoms with van der Waals surface area (Å²) in [5.74, 6) is 0.777. The molecule has 0 aliphatic carbocycles. The molecule has 2 aromatic rings. The zero-order valence-corrected chi connectivity index (χ0v) is 15.0. The highest BCUT2D eigenvalue weighted by molar-refractivity contribution is 5.80. The van der Waals surface area contributed by atoms with Gasteiger partial charge in [0.05, 0.1) is 5.56 Å². The van der Waals surface area contributed by atoms with Crippen LogP contribution in [0.5, 0.6) is 17.2 Å². The number of benzene rings is 2. The number of aryl methyl sites for hydroxylation is 1. The van der Waals surface area contributed by atoms with Gasteiger partial charge in [-0.2, -0.15) is 13.2 Å². The van der Waals surface area contributed by atoms with Crippen LogP contribution in [0.25, 0.3) is 0 Å². The van der Waals surface area contributed by atoms with E-state index in [4.69, 9.17) is 9.47 Å². The Balaban J connectivity index is 2.10. The van der Waals surface area contributed by atoms with Gasteiger partial charge in [-0.05, 0) is 55.8 Å². The van der Waals surface area contributed by atoms with Crippen LogP contribution in [0.15, 0.2) is 55.1 Å². The number of ether oxygens (including phenoxy) is 2. The monoisotopic (exact) mass is 379 g/mol. The third-order valence-corrected chi connectivity index (χ3v) is 3.54. The lowest BCUT2D eigenvalue weighted by Crippen LogP contribution is -2.36. The zero-order valence-electron chi connectivity index (χ0n) is 15.0. The molecule has 0 aromatic heterocycles. The van der Waals surface area contributed by atoms with Crippen LogP contribution in [0.4, 0.5) is 13.2 Å². The van der Waals surface area contributed by atoms with Crippen molar-refractivity contribution in [3.63, 3.8) is 0 Å². The molecule has 1 N–H and O–H groups in total. The van der Waals surface area contributed by atoms with E-state index in [1.807, 2.05) is 6.92 Å². The predicted molar refractivity (Wildman–Crippen MR) is 96.0 cm³/mol. The number of carbonyl (C=O) groups is 1. The summed E-state index contributed by atoms with van der Waals surface area (Å²) in [6, 6.07) is 9.42. The molecule has 0 saturated carbocycles. The highest BCUT2D eigenvalue weighted by Crippen LogP contribution is 2.32. The number of hydrogen-bond donors (Lipinski definition) is 1. The Labute approximate surface area is 155 Å². The molecule has 0 radical (unpaired) electrons. The summed E-state index contributed by atoms with van der Waals surface area (Å²) < 4.78 is 49.1. The van der Waals surface area contributed by atoms with E-state index in [0.717, 1.165) is 17.7 Å². The molecule has 0 spiro atoms. The fourth-order valence-electron chi connectivity index (χ4n) is 2.26. The standard InChI is InChI=1S/C20H20F3NO3/c1-4-9-24-19(25)14(3)26-17-10-13(2)11-18(12-17)27-16-7-5-15(6-8-16)20(21,22)23/h4-8,10-12,14H,1,9H2,2-3H3,(H,24,25). The highest BCUT2D eigenvalue weighted by Gasteiger charge is 2.30. The van der Waals surface area contributed by atoms with Crippen LogP contribution in [0.2, 0.25) is 0 Å². The summed E-state index contributed by atoms with van der Waals surface area (Å²) in [5.41, 5.74) is 0.0654. The molecule has 0 aliphatic heterocycles. The lowest BCUT2D eigenvalue weighted by molar-refractivity contribution is -0.137. The molecular formula is C20H20F3NO3. The fourth-order valence-corrected chi connectivity index (χ4v) is 2.26. The number of alkyl halides is 3. The summed E-state index contributed by atoms with van der Waals surface area (Å²) in [6.07, 6.45) is -3.57. The smallest absolute Gasteiger partial charge is 0.416 e. The average Bonchev–Trinajstić information content (AvgIpc) is 2.58. The van der Waals surface area contributed by atoms with Gasteiger partial charge in [0.2, 0.25) is 0 Å². The molecule has 2 rings (SSSR count). The van der Waals surface area contributed by atoms with Crippen molar-refractivity contribution in [2.75, 3.05) is 6.54 Å². The van der Waals surface area contributed by atoms with Crippen LogP contribution >= 0.6 is 0 Å². The van der Waals surface area contributed by atoms with Gasteiger partial charge < -0.3 is 14.8 Å². The fraction of sp³-hybridized carbons (Fsp3) is 0.250. The van der Waals surface area contributed by atoms with Crippen LogP contribution in [0.3, 0.4) is 0 Å². The summed E-state index contributed by atoms with van der Waals surface area (Å²) in [6.45, 7) is 7.28. The minimum atomic E-state index is -4.40. The average molecular weight is 379 g/mol. The Morgan fingerprint density at radius 2 is 1.78 bits per heavy atom.